The molecule has 0 aliphatic heterocycles. The summed E-state index contributed by atoms with van der Waals surface area (Å²) in [5.41, 5.74) is 11.4. The molecule has 3 nitrogen and oxygen atoms in total. The van der Waals surface area contributed by atoms with Gasteiger partial charge in [-0.15, -0.1) is 11.3 Å². The molecule has 2 aromatic carbocycles. The maximum Gasteiger partial charge on any atom is 0.126 e. The molecule has 1 aromatic heterocycles. The average molecular weight is 294 g/mol. The van der Waals surface area contributed by atoms with Crippen molar-refractivity contribution in [1.29, 1.82) is 0 Å². The molecule has 4 heteroatoms. The molecule has 2 N–H and O–H groups in total. The molecular weight excluding hydrogens is 280 g/mol. The summed E-state index contributed by atoms with van der Waals surface area (Å²) in [4.78, 5) is 6.12. The van der Waals surface area contributed by atoms with Gasteiger partial charge in [0, 0.05) is 28.1 Å². The minimum atomic E-state index is 0.774. The van der Waals surface area contributed by atoms with Crippen molar-refractivity contribution in [3.05, 3.63) is 52.9 Å². The van der Waals surface area contributed by atoms with Gasteiger partial charge < -0.3 is 10.5 Å². The molecule has 1 aliphatic rings. The molecule has 0 atom stereocenters. The van der Waals surface area contributed by atoms with Crippen LogP contribution in [0.25, 0.3) is 21.8 Å². The van der Waals surface area contributed by atoms with Gasteiger partial charge in [-0.25, -0.2) is 4.98 Å². The van der Waals surface area contributed by atoms with Crippen molar-refractivity contribution in [2.24, 2.45) is 0 Å². The highest BCUT2D eigenvalue weighted by atomic mass is 32.1. The SMILES string of the molecule is COc1ccc2c(c1)-c1nc(-c3ccccc3N)sc1C2. The largest absolute Gasteiger partial charge is 0.497 e. The minimum absolute atomic E-state index is 0.774. The van der Waals surface area contributed by atoms with Gasteiger partial charge in [-0.1, -0.05) is 18.2 Å². The van der Waals surface area contributed by atoms with E-state index in [2.05, 4.69) is 12.1 Å². The first-order chi connectivity index (χ1) is 10.3. The number of anilines is 1. The zero-order valence-corrected chi connectivity index (χ0v) is 12.4. The number of para-hydroxylation sites is 1. The van der Waals surface area contributed by atoms with E-state index in [1.807, 2.05) is 30.3 Å². The molecule has 0 fully saturated rings. The Morgan fingerprint density at radius 3 is 2.81 bits per heavy atom. The number of hydrogen-bond acceptors (Lipinski definition) is 4. The maximum absolute atomic E-state index is 6.06. The van der Waals surface area contributed by atoms with Crippen LogP contribution >= 0.6 is 11.3 Å². The second-order valence-corrected chi connectivity index (χ2v) is 6.16. The van der Waals surface area contributed by atoms with Crippen LogP contribution in [0.3, 0.4) is 0 Å². The van der Waals surface area contributed by atoms with E-state index in [-0.39, 0.29) is 0 Å². The van der Waals surface area contributed by atoms with Crippen LogP contribution in [0.4, 0.5) is 5.69 Å². The highest BCUT2D eigenvalue weighted by molar-refractivity contribution is 7.15. The van der Waals surface area contributed by atoms with Crippen molar-refractivity contribution in [3.8, 4) is 27.6 Å². The van der Waals surface area contributed by atoms with Crippen molar-refractivity contribution in [2.75, 3.05) is 12.8 Å². The van der Waals surface area contributed by atoms with Crippen molar-refractivity contribution >= 4 is 17.0 Å². The lowest BCUT2D eigenvalue weighted by atomic mass is 10.1. The first kappa shape index (κ1) is 12.4. The van der Waals surface area contributed by atoms with Gasteiger partial charge in [0.25, 0.3) is 0 Å². The first-order valence-corrected chi connectivity index (χ1v) is 7.60. The van der Waals surface area contributed by atoms with E-state index in [1.165, 1.54) is 16.0 Å². The Kier molecular flexibility index (Phi) is 2.72. The lowest BCUT2D eigenvalue weighted by molar-refractivity contribution is 0.415. The first-order valence-electron chi connectivity index (χ1n) is 6.78. The normalized spacial score (nSPS) is 12.0. The van der Waals surface area contributed by atoms with Gasteiger partial charge in [-0.3, -0.25) is 0 Å². The van der Waals surface area contributed by atoms with Crippen LogP contribution in [-0.4, -0.2) is 12.1 Å². The Morgan fingerprint density at radius 2 is 2.00 bits per heavy atom. The summed E-state index contributed by atoms with van der Waals surface area (Å²) in [5.74, 6) is 0.871. The molecule has 0 bridgehead atoms. The van der Waals surface area contributed by atoms with E-state index in [1.54, 1.807) is 18.4 Å². The third kappa shape index (κ3) is 1.91. The summed E-state index contributed by atoms with van der Waals surface area (Å²) >= 11 is 1.73. The Bertz CT molecular complexity index is 839. The molecule has 1 heterocycles. The molecule has 0 unspecified atom stereocenters. The monoisotopic (exact) mass is 294 g/mol. The predicted octanol–water partition coefficient (Wildman–Crippen LogP) is 3.97. The van der Waals surface area contributed by atoms with Crippen molar-refractivity contribution in [1.82, 2.24) is 4.98 Å². The number of aromatic nitrogens is 1. The molecule has 0 amide bonds. The number of hydrogen-bond donors (Lipinski definition) is 1. The maximum atomic E-state index is 6.06. The highest BCUT2D eigenvalue weighted by Gasteiger charge is 2.24. The highest BCUT2D eigenvalue weighted by Crippen LogP contribution is 2.44. The number of nitrogens with zero attached hydrogens (tertiary/aromatic N) is 1. The number of thiazole rings is 1. The fraction of sp³-hybridized carbons (Fsp3) is 0.118. The van der Waals surface area contributed by atoms with E-state index in [0.29, 0.717) is 0 Å². The van der Waals surface area contributed by atoms with Gasteiger partial charge in [0.1, 0.15) is 10.8 Å². The Labute approximate surface area is 127 Å². The van der Waals surface area contributed by atoms with Crippen molar-refractivity contribution < 1.29 is 4.74 Å². The number of fused-ring (bicyclic) bond motifs is 3. The summed E-state index contributed by atoms with van der Waals surface area (Å²) < 4.78 is 5.32. The standard InChI is InChI=1S/C17H14N2OS/c1-20-11-7-6-10-8-15-16(13(10)9-11)19-17(21-15)12-4-2-3-5-14(12)18/h2-7,9H,8,18H2,1H3. The lowest BCUT2D eigenvalue weighted by Gasteiger charge is -2.04. The smallest absolute Gasteiger partial charge is 0.126 e. The number of nitrogen functional groups attached to an aromatic ring is 1. The molecule has 104 valence electrons. The molecule has 0 radical (unpaired) electrons. The van der Waals surface area contributed by atoms with Crippen molar-refractivity contribution in [2.45, 2.75) is 6.42 Å². The van der Waals surface area contributed by atoms with E-state index < -0.39 is 0 Å². The summed E-state index contributed by atoms with van der Waals surface area (Å²) in [7, 11) is 1.69. The third-order valence-corrected chi connectivity index (χ3v) is 4.90. The minimum Gasteiger partial charge on any atom is -0.497 e. The van der Waals surface area contributed by atoms with Gasteiger partial charge >= 0.3 is 0 Å². The average Bonchev–Trinajstić information content (AvgIpc) is 3.04. The number of benzene rings is 2. The topological polar surface area (TPSA) is 48.1 Å². The van der Waals surface area contributed by atoms with Crippen LogP contribution < -0.4 is 10.5 Å². The van der Waals surface area contributed by atoms with E-state index in [0.717, 1.165) is 34.1 Å². The fourth-order valence-corrected chi connectivity index (χ4v) is 3.87. The van der Waals surface area contributed by atoms with E-state index in [9.17, 15) is 0 Å². The molecule has 3 aromatic rings. The van der Waals surface area contributed by atoms with Gasteiger partial charge in [0.2, 0.25) is 0 Å². The zero-order chi connectivity index (χ0) is 14.4. The van der Waals surface area contributed by atoms with Gasteiger partial charge in [-0.2, -0.15) is 0 Å². The Hall–Kier alpha value is -2.33. The molecular formula is C17H14N2OS. The van der Waals surface area contributed by atoms with Gasteiger partial charge in [0.15, 0.2) is 0 Å². The summed E-state index contributed by atoms with van der Waals surface area (Å²) in [6.07, 6.45) is 0.944. The second-order valence-electron chi connectivity index (χ2n) is 5.08. The summed E-state index contributed by atoms with van der Waals surface area (Å²) in [5, 5.41) is 0.992. The van der Waals surface area contributed by atoms with Crippen LogP contribution in [0, 0.1) is 0 Å². The van der Waals surface area contributed by atoms with Gasteiger partial charge in [0.05, 0.1) is 12.8 Å². The Morgan fingerprint density at radius 1 is 1.14 bits per heavy atom. The van der Waals surface area contributed by atoms with Crippen molar-refractivity contribution in [3.63, 3.8) is 0 Å². The lowest BCUT2D eigenvalue weighted by Crippen LogP contribution is -1.89. The number of ether oxygens (including phenoxy) is 1. The molecule has 4 rings (SSSR count). The molecule has 1 aliphatic carbocycles. The number of methoxy groups -OCH3 is 1. The third-order valence-electron chi connectivity index (χ3n) is 3.81. The fourth-order valence-electron chi connectivity index (χ4n) is 2.72. The molecule has 0 spiro atoms. The number of nitrogens with two attached hydrogens (primary N) is 1. The Balaban J connectivity index is 1.84. The van der Waals surface area contributed by atoms with Crippen LogP contribution in [0.5, 0.6) is 5.75 Å². The quantitative estimate of drug-likeness (QED) is 0.569. The van der Waals surface area contributed by atoms with Gasteiger partial charge in [-0.05, 0) is 29.8 Å². The summed E-state index contributed by atoms with van der Waals surface area (Å²) in [6, 6.07) is 14.1. The van der Waals surface area contributed by atoms with Crippen LogP contribution in [0.2, 0.25) is 0 Å². The van der Waals surface area contributed by atoms with E-state index >= 15 is 0 Å². The molecule has 21 heavy (non-hydrogen) atoms. The van der Waals surface area contributed by atoms with Crippen LogP contribution in [0.1, 0.15) is 10.4 Å². The van der Waals surface area contributed by atoms with Crippen LogP contribution in [0.15, 0.2) is 42.5 Å². The molecule has 0 saturated heterocycles. The number of rotatable bonds is 2. The summed E-state index contributed by atoms with van der Waals surface area (Å²) in [6.45, 7) is 0. The van der Waals surface area contributed by atoms with E-state index in [4.69, 9.17) is 15.5 Å². The predicted molar refractivity (Wildman–Crippen MR) is 86.8 cm³/mol. The molecule has 0 saturated carbocycles. The second kappa shape index (κ2) is 4.60. The van der Waals surface area contributed by atoms with Crippen LogP contribution in [-0.2, 0) is 6.42 Å². The zero-order valence-electron chi connectivity index (χ0n) is 11.6.